The molecule has 2 aromatic rings. The zero-order chi connectivity index (χ0) is 18.5. The van der Waals surface area contributed by atoms with Crippen LogP contribution in [0.2, 0.25) is 0 Å². The van der Waals surface area contributed by atoms with Crippen LogP contribution >= 0.6 is 0 Å². The van der Waals surface area contributed by atoms with Gasteiger partial charge < -0.3 is 14.7 Å². The fraction of sp³-hybridized carbons (Fsp3) is 0.478. The first-order chi connectivity index (χ1) is 13.3. The maximum Gasteiger partial charge on any atom is 0.108 e. The summed E-state index contributed by atoms with van der Waals surface area (Å²) < 4.78 is 5.56. The summed E-state index contributed by atoms with van der Waals surface area (Å²) in [4.78, 5) is 4.95. The minimum atomic E-state index is -0.790. The van der Waals surface area contributed by atoms with Gasteiger partial charge in [-0.1, -0.05) is 60.7 Å². The van der Waals surface area contributed by atoms with Gasteiger partial charge in [-0.3, -0.25) is 4.90 Å². The third-order valence-electron chi connectivity index (χ3n) is 6.11. The van der Waals surface area contributed by atoms with E-state index in [0.717, 1.165) is 64.3 Å². The Hall–Kier alpha value is -1.72. The standard InChI is InChI=1S/C23H30N2O2/c26-23(21-9-5-2-6-10-21)12-14-24(13-11-20-7-3-1-4-8-20)19-22(23)25-15-17-27-18-16-25/h1-10,22,26H,11-19H2/t22-,23+/m1/s1. The summed E-state index contributed by atoms with van der Waals surface area (Å²) in [5.41, 5.74) is 1.63. The highest BCUT2D eigenvalue weighted by Gasteiger charge is 2.45. The Morgan fingerprint density at radius 1 is 0.926 bits per heavy atom. The number of aliphatic hydroxyl groups is 1. The van der Waals surface area contributed by atoms with Crippen molar-refractivity contribution in [2.75, 3.05) is 45.9 Å². The molecule has 0 spiro atoms. The first-order valence-electron chi connectivity index (χ1n) is 10.1. The zero-order valence-electron chi connectivity index (χ0n) is 16.0. The van der Waals surface area contributed by atoms with Gasteiger partial charge in [0, 0.05) is 32.7 Å². The van der Waals surface area contributed by atoms with Crippen LogP contribution in [0.3, 0.4) is 0 Å². The highest BCUT2D eigenvalue weighted by molar-refractivity contribution is 5.26. The van der Waals surface area contributed by atoms with Crippen LogP contribution in [0.1, 0.15) is 17.5 Å². The summed E-state index contributed by atoms with van der Waals surface area (Å²) in [6.07, 6.45) is 1.83. The Kier molecular flexibility index (Phi) is 5.89. The van der Waals surface area contributed by atoms with E-state index < -0.39 is 5.60 Å². The van der Waals surface area contributed by atoms with Crippen LogP contribution < -0.4 is 0 Å². The molecule has 0 aromatic heterocycles. The molecule has 2 aliphatic rings. The summed E-state index contributed by atoms with van der Waals surface area (Å²) in [6, 6.07) is 21.0. The molecule has 4 rings (SSSR count). The van der Waals surface area contributed by atoms with Crippen LogP contribution in [0.15, 0.2) is 60.7 Å². The van der Waals surface area contributed by atoms with Gasteiger partial charge in [0.05, 0.1) is 19.3 Å². The highest BCUT2D eigenvalue weighted by atomic mass is 16.5. The van der Waals surface area contributed by atoms with E-state index in [0.29, 0.717) is 0 Å². The van der Waals surface area contributed by atoms with Crippen LogP contribution in [0, 0.1) is 0 Å². The Labute approximate surface area is 162 Å². The molecule has 4 heteroatoms. The van der Waals surface area contributed by atoms with E-state index in [1.807, 2.05) is 18.2 Å². The largest absolute Gasteiger partial charge is 0.383 e. The molecule has 2 heterocycles. The second-order valence-corrected chi connectivity index (χ2v) is 7.74. The Morgan fingerprint density at radius 3 is 2.30 bits per heavy atom. The maximum absolute atomic E-state index is 11.7. The number of piperidine rings is 1. The molecule has 2 fully saturated rings. The van der Waals surface area contributed by atoms with Crippen LogP contribution in [-0.4, -0.2) is 66.9 Å². The molecule has 2 aromatic carbocycles. The van der Waals surface area contributed by atoms with Crippen molar-refractivity contribution in [3.05, 3.63) is 71.8 Å². The van der Waals surface area contributed by atoms with E-state index in [9.17, 15) is 5.11 Å². The Bertz CT molecular complexity index is 703. The number of benzene rings is 2. The van der Waals surface area contributed by atoms with E-state index >= 15 is 0 Å². The van der Waals surface area contributed by atoms with Crippen molar-refractivity contribution < 1.29 is 9.84 Å². The molecule has 0 radical (unpaired) electrons. The van der Waals surface area contributed by atoms with Gasteiger partial charge in [-0.15, -0.1) is 0 Å². The lowest BCUT2D eigenvalue weighted by Crippen LogP contribution is -2.62. The SMILES string of the molecule is O[C@]1(c2ccccc2)CCN(CCc2ccccc2)C[C@H]1N1CCOCC1. The maximum atomic E-state index is 11.7. The minimum Gasteiger partial charge on any atom is -0.383 e. The van der Waals surface area contributed by atoms with Gasteiger partial charge in [0.25, 0.3) is 0 Å². The number of ether oxygens (including phenoxy) is 1. The van der Waals surface area contributed by atoms with Gasteiger partial charge in [0.2, 0.25) is 0 Å². The molecule has 2 atom stereocenters. The summed E-state index contributed by atoms with van der Waals surface area (Å²) in [7, 11) is 0. The topological polar surface area (TPSA) is 35.9 Å². The monoisotopic (exact) mass is 366 g/mol. The molecule has 0 aliphatic carbocycles. The van der Waals surface area contributed by atoms with Gasteiger partial charge in [0.1, 0.15) is 5.60 Å². The van der Waals surface area contributed by atoms with Crippen LogP contribution in [0.4, 0.5) is 0 Å². The predicted molar refractivity (Wildman–Crippen MR) is 108 cm³/mol. The molecule has 0 bridgehead atoms. The van der Waals surface area contributed by atoms with Gasteiger partial charge in [-0.2, -0.15) is 0 Å². The lowest BCUT2D eigenvalue weighted by molar-refractivity contribution is -0.118. The number of hydrogen-bond donors (Lipinski definition) is 1. The van der Waals surface area contributed by atoms with Crippen molar-refractivity contribution in [1.82, 2.24) is 9.80 Å². The predicted octanol–water partition coefficient (Wildman–Crippen LogP) is 2.52. The van der Waals surface area contributed by atoms with Crippen LogP contribution in [-0.2, 0) is 16.8 Å². The summed E-state index contributed by atoms with van der Waals surface area (Å²) in [5.74, 6) is 0. The molecule has 1 N–H and O–H groups in total. The molecule has 2 saturated heterocycles. The molecular formula is C23H30N2O2. The highest BCUT2D eigenvalue weighted by Crippen LogP contribution is 2.36. The second kappa shape index (κ2) is 8.53. The second-order valence-electron chi connectivity index (χ2n) is 7.74. The third kappa shape index (κ3) is 4.25. The molecule has 0 amide bonds. The fourth-order valence-electron chi connectivity index (χ4n) is 4.49. The summed E-state index contributed by atoms with van der Waals surface area (Å²) >= 11 is 0. The van der Waals surface area contributed by atoms with Gasteiger partial charge in [0.15, 0.2) is 0 Å². The van der Waals surface area contributed by atoms with Crippen LogP contribution in [0.25, 0.3) is 0 Å². The number of rotatable bonds is 5. The van der Waals surface area contributed by atoms with Gasteiger partial charge >= 0.3 is 0 Å². The third-order valence-corrected chi connectivity index (χ3v) is 6.11. The number of likely N-dealkylation sites (tertiary alicyclic amines) is 1. The summed E-state index contributed by atoms with van der Waals surface area (Å²) in [5, 5.41) is 11.7. The molecule has 144 valence electrons. The van der Waals surface area contributed by atoms with Crippen molar-refractivity contribution in [3.63, 3.8) is 0 Å². The minimum absolute atomic E-state index is 0.105. The first-order valence-corrected chi connectivity index (χ1v) is 10.1. The van der Waals surface area contributed by atoms with Gasteiger partial charge in [-0.05, 0) is 24.0 Å². The first kappa shape index (κ1) is 18.6. The molecule has 4 nitrogen and oxygen atoms in total. The van der Waals surface area contributed by atoms with Crippen molar-refractivity contribution in [1.29, 1.82) is 0 Å². The van der Waals surface area contributed by atoms with E-state index in [1.165, 1.54) is 5.56 Å². The Balaban J connectivity index is 1.50. The lowest BCUT2D eigenvalue weighted by atomic mass is 9.79. The van der Waals surface area contributed by atoms with Crippen molar-refractivity contribution in [2.45, 2.75) is 24.5 Å². The molecule has 2 aliphatic heterocycles. The molecule has 0 saturated carbocycles. The normalized spacial score (nSPS) is 27.5. The molecule has 0 unspecified atom stereocenters. The lowest BCUT2D eigenvalue weighted by Gasteiger charge is -2.50. The molecule has 27 heavy (non-hydrogen) atoms. The van der Waals surface area contributed by atoms with E-state index in [-0.39, 0.29) is 6.04 Å². The average Bonchev–Trinajstić information content (AvgIpc) is 2.75. The quantitative estimate of drug-likeness (QED) is 0.882. The number of morpholine rings is 1. The number of nitrogens with zero attached hydrogens (tertiary/aromatic N) is 2. The van der Waals surface area contributed by atoms with E-state index in [1.54, 1.807) is 0 Å². The average molecular weight is 367 g/mol. The van der Waals surface area contributed by atoms with Crippen molar-refractivity contribution in [2.24, 2.45) is 0 Å². The molecular weight excluding hydrogens is 336 g/mol. The van der Waals surface area contributed by atoms with E-state index in [4.69, 9.17) is 4.74 Å². The van der Waals surface area contributed by atoms with Crippen LogP contribution in [0.5, 0.6) is 0 Å². The van der Waals surface area contributed by atoms with E-state index in [2.05, 4.69) is 52.3 Å². The smallest absolute Gasteiger partial charge is 0.108 e. The van der Waals surface area contributed by atoms with Gasteiger partial charge in [-0.25, -0.2) is 0 Å². The summed E-state index contributed by atoms with van der Waals surface area (Å²) in [6.45, 7) is 6.17. The Morgan fingerprint density at radius 2 is 1.59 bits per heavy atom. The van der Waals surface area contributed by atoms with Crippen molar-refractivity contribution >= 4 is 0 Å². The fourth-order valence-corrected chi connectivity index (χ4v) is 4.49. The zero-order valence-corrected chi connectivity index (χ0v) is 16.0. The number of hydrogen-bond acceptors (Lipinski definition) is 4. The van der Waals surface area contributed by atoms with Crippen molar-refractivity contribution in [3.8, 4) is 0 Å².